The normalized spacial score (nSPS) is 12.6. The van der Waals surface area contributed by atoms with E-state index in [9.17, 15) is 8.78 Å². The highest BCUT2D eigenvalue weighted by molar-refractivity contribution is 5.79. The fraction of sp³-hybridized carbons (Fsp3) is 0.118. The minimum Gasteiger partial charge on any atom is -0.320 e. The molecule has 0 aliphatic heterocycles. The topological polar surface area (TPSA) is 38.9 Å². The number of nitrogens with two attached hydrogens (primary N) is 1. The lowest BCUT2D eigenvalue weighted by atomic mass is 9.97. The van der Waals surface area contributed by atoms with Gasteiger partial charge in [0.25, 0.3) is 0 Å². The minimum absolute atomic E-state index is 0.148. The summed E-state index contributed by atoms with van der Waals surface area (Å²) in [7, 11) is 0. The Hall–Kier alpha value is -2.33. The van der Waals surface area contributed by atoms with Crippen molar-refractivity contribution in [1.82, 2.24) is 4.98 Å². The summed E-state index contributed by atoms with van der Waals surface area (Å²) in [5.74, 6) is -1.78. The van der Waals surface area contributed by atoms with E-state index in [2.05, 4.69) is 4.98 Å². The van der Waals surface area contributed by atoms with Crippen LogP contribution in [-0.2, 0) is 0 Å². The maximum atomic E-state index is 13.8. The summed E-state index contributed by atoms with van der Waals surface area (Å²) in [5, 5.41) is 0.922. The van der Waals surface area contributed by atoms with Crippen LogP contribution in [0.4, 0.5) is 8.78 Å². The molecule has 2 N–H and O–H groups in total. The third-order valence-electron chi connectivity index (χ3n) is 3.53. The second-order valence-electron chi connectivity index (χ2n) is 5.03. The summed E-state index contributed by atoms with van der Waals surface area (Å²) in [4.78, 5) is 4.41. The van der Waals surface area contributed by atoms with Gasteiger partial charge in [0, 0.05) is 16.6 Å². The third-order valence-corrected chi connectivity index (χ3v) is 3.53. The number of halogens is 2. The lowest BCUT2D eigenvalue weighted by molar-refractivity contribution is 0.494. The molecule has 0 aliphatic carbocycles. The van der Waals surface area contributed by atoms with Gasteiger partial charge in [-0.2, -0.15) is 0 Å². The van der Waals surface area contributed by atoms with Crippen molar-refractivity contribution in [3.05, 3.63) is 77.0 Å². The Labute approximate surface area is 121 Å². The fourth-order valence-electron chi connectivity index (χ4n) is 2.38. The molecule has 0 bridgehead atoms. The van der Waals surface area contributed by atoms with Crippen LogP contribution < -0.4 is 5.73 Å². The summed E-state index contributed by atoms with van der Waals surface area (Å²) in [6.07, 6.45) is 0. The summed E-state index contributed by atoms with van der Waals surface area (Å²) in [5.41, 5.74) is 8.73. The molecule has 21 heavy (non-hydrogen) atoms. The van der Waals surface area contributed by atoms with Crippen molar-refractivity contribution < 1.29 is 8.78 Å². The van der Waals surface area contributed by atoms with Gasteiger partial charge in [-0.05, 0) is 36.8 Å². The molecule has 0 fully saturated rings. The van der Waals surface area contributed by atoms with Crippen molar-refractivity contribution in [2.75, 3.05) is 0 Å². The average molecular weight is 284 g/mol. The second kappa shape index (κ2) is 5.22. The molecule has 1 unspecified atom stereocenters. The minimum atomic E-state index is -0.896. The van der Waals surface area contributed by atoms with Crippen molar-refractivity contribution >= 4 is 10.9 Å². The van der Waals surface area contributed by atoms with Crippen molar-refractivity contribution in [2.24, 2.45) is 5.73 Å². The number of fused-ring (bicyclic) bond motifs is 1. The van der Waals surface area contributed by atoms with Gasteiger partial charge in [-0.25, -0.2) is 8.78 Å². The number of hydrogen-bond donors (Lipinski definition) is 1. The van der Waals surface area contributed by atoms with Gasteiger partial charge in [0.1, 0.15) is 0 Å². The van der Waals surface area contributed by atoms with Crippen molar-refractivity contribution in [2.45, 2.75) is 13.0 Å². The smallest absolute Gasteiger partial charge is 0.163 e. The van der Waals surface area contributed by atoms with Crippen LogP contribution in [0.25, 0.3) is 10.9 Å². The van der Waals surface area contributed by atoms with Gasteiger partial charge in [0.2, 0.25) is 0 Å². The number of rotatable bonds is 2. The molecule has 4 heteroatoms. The lowest BCUT2D eigenvalue weighted by Gasteiger charge is -2.14. The Bertz CT molecular complexity index is 815. The predicted octanol–water partition coefficient (Wildman–Crippen LogP) is 3.87. The van der Waals surface area contributed by atoms with Crippen LogP contribution >= 0.6 is 0 Å². The standard InChI is InChI=1S/C17H14F2N2/c1-10-5-6-11-9-12(7-8-15(11)21-10)17(20)13-3-2-4-14(18)16(13)19/h2-9,17H,20H2,1H3. The number of hydrogen-bond acceptors (Lipinski definition) is 2. The Morgan fingerprint density at radius 2 is 1.86 bits per heavy atom. The van der Waals surface area contributed by atoms with Crippen LogP contribution in [0, 0.1) is 18.6 Å². The van der Waals surface area contributed by atoms with Gasteiger partial charge in [-0.15, -0.1) is 0 Å². The molecule has 3 rings (SSSR count). The molecule has 0 saturated carbocycles. The Kier molecular flexibility index (Phi) is 3.39. The van der Waals surface area contributed by atoms with E-state index in [0.717, 1.165) is 28.2 Å². The summed E-state index contributed by atoms with van der Waals surface area (Å²) in [6, 6.07) is 12.7. The van der Waals surface area contributed by atoms with Gasteiger partial charge in [0.15, 0.2) is 11.6 Å². The first-order valence-electron chi connectivity index (χ1n) is 6.63. The number of aryl methyl sites for hydroxylation is 1. The molecule has 0 aliphatic rings. The molecule has 0 saturated heterocycles. The largest absolute Gasteiger partial charge is 0.320 e. The number of nitrogens with zero attached hydrogens (tertiary/aromatic N) is 1. The van der Waals surface area contributed by atoms with E-state index in [0.29, 0.717) is 0 Å². The van der Waals surface area contributed by atoms with Gasteiger partial charge in [-0.3, -0.25) is 4.98 Å². The van der Waals surface area contributed by atoms with Crippen molar-refractivity contribution in [1.29, 1.82) is 0 Å². The molecule has 1 aromatic heterocycles. The quantitative estimate of drug-likeness (QED) is 0.776. The molecule has 0 radical (unpaired) electrons. The zero-order valence-corrected chi connectivity index (χ0v) is 11.5. The van der Waals surface area contributed by atoms with E-state index in [1.54, 1.807) is 6.07 Å². The van der Waals surface area contributed by atoms with E-state index in [-0.39, 0.29) is 5.56 Å². The Morgan fingerprint density at radius 3 is 2.67 bits per heavy atom. The second-order valence-corrected chi connectivity index (χ2v) is 5.03. The van der Waals surface area contributed by atoms with Gasteiger partial charge < -0.3 is 5.73 Å². The number of aromatic nitrogens is 1. The van der Waals surface area contributed by atoms with E-state index < -0.39 is 17.7 Å². The Balaban J connectivity index is 2.07. The molecule has 1 heterocycles. The van der Waals surface area contributed by atoms with Crippen molar-refractivity contribution in [3.63, 3.8) is 0 Å². The van der Waals surface area contributed by atoms with Crippen LogP contribution in [0.5, 0.6) is 0 Å². The molecule has 0 amide bonds. The highest BCUT2D eigenvalue weighted by Gasteiger charge is 2.16. The number of pyridine rings is 1. The Morgan fingerprint density at radius 1 is 1.05 bits per heavy atom. The third kappa shape index (κ3) is 2.50. The maximum absolute atomic E-state index is 13.8. The zero-order chi connectivity index (χ0) is 15.0. The van der Waals surface area contributed by atoms with Crippen LogP contribution in [0.2, 0.25) is 0 Å². The van der Waals surface area contributed by atoms with Crippen LogP contribution in [0.1, 0.15) is 22.9 Å². The number of benzene rings is 2. The van der Waals surface area contributed by atoms with Crippen molar-refractivity contribution in [3.8, 4) is 0 Å². The first-order chi connectivity index (χ1) is 10.1. The highest BCUT2D eigenvalue weighted by Crippen LogP contribution is 2.26. The molecule has 2 aromatic carbocycles. The molecular weight excluding hydrogens is 270 g/mol. The molecular formula is C17H14F2N2. The molecule has 2 nitrogen and oxygen atoms in total. The maximum Gasteiger partial charge on any atom is 0.163 e. The summed E-state index contributed by atoms with van der Waals surface area (Å²) < 4.78 is 27.1. The van der Waals surface area contributed by atoms with E-state index in [4.69, 9.17) is 5.73 Å². The fourth-order valence-corrected chi connectivity index (χ4v) is 2.38. The van der Waals surface area contributed by atoms with E-state index >= 15 is 0 Å². The van der Waals surface area contributed by atoms with Crippen LogP contribution in [-0.4, -0.2) is 4.98 Å². The molecule has 1 atom stereocenters. The predicted molar refractivity (Wildman–Crippen MR) is 78.9 cm³/mol. The first-order valence-corrected chi connectivity index (χ1v) is 6.63. The van der Waals surface area contributed by atoms with Crippen LogP contribution in [0.3, 0.4) is 0 Å². The zero-order valence-electron chi connectivity index (χ0n) is 11.5. The van der Waals surface area contributed by atoms with Gasteiger partial charge >= 0.3 is 0 Å². The molecule has 3 aromatic rings. The van der Waals surface area contributed by atoms with E-state index in [1.807, 2.05) is 31.2 Å². The summed E-state index contributed by atoms with van der Waals surface area (Å²) in [6.45, 7) is 1.92. The average Bonchev–Trinajstić information content (AvgIpc) is 2.49. The first kappa shape index (κ1) is 13.6. The lowest BCUT2D eigenvalue weighted by Crippen LogP contribution is -2.14. The molecule has 106 valence electrons. The van der Waals surface area contributed by atoms with Gasteiger partial charge in [-0.1, -0.05) is 24.3 Å². The molecule has 0 spiro atoms. The SMILES string of the molecule is Cc1ccc2cc(C(N)c3cccc(F)c3F)ccc2n1. The van der Waals surface area contributed by atoms with Crippen LogP contribution in [0.15, 0.2) is 48.5 Å². The monoisotopic (exact) mass is 284 g/mol. The highest BCUT2D eigenvalue weighted by atomic mass is 19.2. The van der Waals surface area contributed by atoms with Gasteiger partial charge in [0.05, 0.1) is 11.6 Å². The summed E-state index contributed by atoms with van der Waals surface area (Å²) >= 11 is 0. The van der Waals surface area contributed by atoms with E-state index in [1.165, 1.54) is 12.1 Å².